The van der Waals surface area contributed by atoms with Crippen LogP contribution in [0.3, 0.4) is 0 Å². The summed E-state index contributed by atoms with van der Waals surface area (Å²) in [7, 11) is 3.16. The third kappa shape index (κ3) is 9.69. The Balaban J connectivity index is 0.00000625. The van der Waals surface area contributed by atoms with Crippen LogP contribution in [0.1, 0.15) is 48.4 Å². The zero-order chi connectivity index (χ0) is 34.1. The minimum atomic E-state index is -0.713. The minimum absolute atomic E-state index is 0. The summed E-state index contributed by atoms with van der Waals surface area (Å²) in [6.07, 6.45) is 1.78. The molecule has 4 aromatic rings. The molecular weight excluding hydrogens is 689 g/mol. The first-order chi connectivity index (χ1) is 22.5. The first-order valence-electron chi connectivity index (χ1n) is 14.1. The highest BCUT2D eigenvalue weighted by Gasteiger charge is 2.20. The number of alkyl halides is 2. The van der Waals surface area contributed by atoms with Crippen molar-refractivity contribution in [2.45, 2.75) is 6.42 Å². The third-order valence-electron chi connectivity index (χ3n) is 6.66. The second-order valence-corrected chi connectivity index (χ2v) is 10.8. The molecule has 3 aromatic heterocycles. The number of amides is 4. The van der Waals surface area contributed by atoms with Crippen molar-refractivity contribution in [2.75, 3.05) is 52.2 Å². The van der Waals surface area contributed by atoms with E-state index in [0.29, 0.717) is 36.1 Å². The van der Waals surface area contributed by atoms with Gasteiger partial charge in [0.25, 0.3) is 23.6 Å². The number of aromatic nitrogens is 6. The predicted octanol–water partition coefficient (Wildman–Crippen LogP) is 2.40. The lowest BCUT2D eigenvalue weighted by atomic mass is 10.2. The fourth-order valence-corrected chi connectivity index (χ4v) is 4.77. The van der Waals surface area contributed by atoms with Crippen LogP contribution in [0.2, 0.25) is 0 Å². The number of aryl methyl sites for hydroxylation is 2. The monoisotopic (exact) mass is 721 g/mol. The van der Waals surface area contributed by atoms with Crippen molar-refractivity contribution in [2.24, 2.45) is 19.8 Å². The van der Waals surface area contributed by atoms with Crippen molar-refractivity contribution in [1.29, 1.82) is 5.41 Å². The lowest BCUT2D eigenvalue weighted by Crippen LogP contribution is -2.28. The van der Waals surface area contributed by atoms with E-state index in [1.165, 1.54) is 23.9 Å². The number of hydrogen-bond acceptors (Lipinski definition) is 9. The van der Waals surface area contributed by atoms with E-state index >= 15 is 0 Å². The summed E-state index contributed by atoms with van der Waals surface area (Å²) in [5.74, 6) is -1.58. The summed E-state index contributed by atoms with van der Waals surface area (Å²) in [5.41, 5.74) is 7.28. The molecule has 0 bridgehead atoms. The van der Waals surface area contributed by atoms with Gasteiger partial charge < -0.3 is 31.2 Å². The molecule has 0 aliphatic carbocycles. The number of halogens is 3. The zero-order valence-corrected chi connectivity index (χ0v) is 28.2. The van der Waals surface area contributed by atoms with Crippen molar-refractivity contribution in [3.63, 3.8) is 0 Å². The molecule has 8 N–H and O–H groups in total. The molecule has 0 unspecified atom stereocenters. The second-order valence-electron chi connectivity index (χ2n) is 10.1. The molecule has 4 amide bonds. The Morgan fingerprint density at radius 3 is 2.27 bits per heavy atom. The van der Waals surface area contributed by atoms with E-state index in [9.17, 15) is 19.2 Å². The molecule has 0 fully saturated rings. The maximum Gasteiger partial charge on any atom is 0.294 e. The SMILES string of the molecule is Cl.Cn1cc(NC(=O)c2cc(NC(=O)c3nc(NC(=O)c4ccc(N(CCCl)CCCl)cc4)n[nH]3)nn2C)cc1C(=O)NCCC(=N)N. The summed E-state index contributed by atoms with van der Waals surface area (Å²) in [5, 5.41) is 28.2. The van der Waals surface area contributed by atoms with Gasteiger partial charge in [0.15, 0.2) is 5.82 Å². The van der Waals surface area contributed by atoms with Crippen LogP contribution < -0.4 is 31.9 Å². The summed E-state index contributed by atoms with van der Waals surface area (Å²) < 4.78 is 2.81. The highest BCUT2D eigenvalue weighted by Crippen LogP contribution is 2.18. The number of H-pyrrole nitrogens is 1. The van der Waals surface area contributed by atoms with E-state index in [1.807, 2.05) is 4.90 Å². The van der Waals surface area contributed by atoms with E-state index < -0.39 is 23.6 Å². The Morgan fingerprint density at radius 1 is 0.938 bits per heavy atom. The Labute approximate surface area is 290 Å². The first-order valence-corrected chi connectivity index (χ1v) is 15.2. The summed E-state index contributed by atoms with van der Waals surface area (Å²) >= 11 is 11.7. The van der Waals surface area contributed by atoms with Crippen molar-refractivity contribution in [3.8, 4) is 0 Å². The van der Waals surface area contributed by atoms with Crippen molar-refractivity contribution in [3.05, 3.63) is 65.4 Å². The maximum atomic E-state index is 13.0. The molecule has 20 heteroatoms. The van der Waals surface area contributed by atoms with Crippen LogP contribution >= 0.6 is 35.6 Å². The van der Waals surface area contributed by atoms with Gasteiger partial charge in [-0.25, -0.2) is 0 Å². The molecule has 0 spiro atoms. The number of hydrogen-bond donors (Lipinski definition) is 7. The van der Waals surface area contributed by atoms with Crippen LogP contribution in [0.15, 0.2) is 42.6 Å². The molecule has 3 heterocycles. The summed E-state index contributed by atoms with van der Waals surface area (Å²) in [6.45, 7) is 1.42. The Bertz CT molecular complexity index is 1760. The van der Waals surface area contributed by atoms with E-state index in [4.69, 9.17) is 34.3 Å². The van der Waals surface area contributed by atoms with Crippen LogP contribution in [0.4, 0.5) is 23.1 Å². The fraction of sp³-hybridized carbons (Fsp3) is 0.286. The molecule has 0 aliphatic rings. The Hall–Kier alpha value is -5.13. The lowest BCUT2D eigenvalue weighted by Gasteiger charge is -2.22. The zero-order valence-electron chi connectivity index (χ0n) is 25.8. The summed E-state index contributed by atoms with van der Waals surface area (Å²) in [4.78, 5) is 56.9. The van der Waals surface area contributed by atoms with Gasteiger partial charge in [0, 0.05) is 75.4 Å². The van der Waals surface area contributed by atoms with Gasteiger partial charge in [-0.1, -0.05) is 0 Å². The number of anilines is 4. The normalized spacial score (nSPS) is 10.5. The van der Waals surface area contributed by atoms with Gasteiger partial charge >= 0.3 is 0 Å². The molecule has 17 nitrogen and oxygen atoms in total. The number of benzene rings is 1. The number of aromatic amines is 1. The molecule has 0 saturated heterocycles. The van der Waals surface area contributed by atoms with Gasteiger partial charge in [-0.3, -0.25) is 39.7 Å². The topological polar surface area (TPSA) is 234 Å². The lowest BCUT2D eigenvalue weighted by molar-refractivity contribution is 0.0944. The quantitative estimate of drug-likeness (QED) is 0.0541. The highest BCUT2D eigenvalue weighted by atomic mass is 35.5. The second kappa shape index (κ2) is 17.1. The summed E-state index contributed by atoms with van der Waals surface area (Å²) in [6, 6.07) is 9.69. The van der Waals surface area contributed by atoms with E-state index in [-0.39, 0.29) is 60.2 Å². The van der Waals surface area contributed by atoms with E-state index in [1.54, 1.807) is 42.1 Å². The molecule has 0 atom stereocenters. The standard InChI is InChI=1S/C28H33Cl2N13O4.ClH/c1-41-15-17(13-19(41)25(45)33-10-7-21(31)32)34-26(46)20-14-22(40-42(20)2)35-27(47)23-36-28(39-38-23)37-24(44)16-3-5-18(6-4-16)43(11-8-29)12-9-30;/h3-6,13-15H,7-12H2,1-2H3,(H3,31,32)(H,33,45)(H,34,46)(H,35,40,47)(H2,36,37,38,39,44);1H. The average molecular weight is 723 g/mol. The number of carbonyl (C=O) groups excluding carboxylic acids is 4. The molecule has 0 saturated carbocycles. The minimum Gasteiger partial charge on any atom is -0.388 e. The van der Waals surface area contributed by atoms with Crippen LogP contribution in [-0.4, -0.2) is 90.4 Å². The predicted molar refractivity (Wildman–Crippen MR) is 185 cm³/mol. The molecular formula is C28H34Cl3N13O4. The molecule has 0 aliphatic heterocycles. The highest BCUT2D eigenvalue weighted by molar-refractivity contribution is 6.18. The number of nitrogens with two attached hydrogens (primary N) is 1. The van der Waals surface area contributed by atoms with Crippen LogP contribution in [0.5, 0.6) is 0 Å². The first kappa shape index (κ1) is 37.3. The number of carbonyl (C=O) groups is 4. The fourth-order valence-electron chi connectivity index (χ4n) is 4.36. The van der Waals surface area contributed by atoms with Crippen LogP contribution in [-0.2, 0) is 14.1 Å². The van der Waals surface area contributed by atoms with Crippen molar-refractivity contribution < 1.29 is 19.2 Å². The van der Waals surface area contributed by atoms with Crippen LogP contribution in [0.25, 0.3) is 0 Å². The molecule has 1 aromatic carbocycles. The van der Waals surface area contributed by atoms with Gasteiger partial charge in [0.2, 0.25) is 11.8 Å². The van der Waals surface area contributed by atoms with Gasteiger partial charge in [0.1, 0.15) is 11.4 Å². The van der Waals surface area contributed by atoms with Gasteiger partial charge in [-0.05, 0) is 30.3 Å². The van der Waals surface area contributed by atoms with Gasteiger partial charge in [0.05, 0.1) is 11.5 Å². The number of rotatable bonds is 15. The van der Waals surface area contributed by atoms with Crippen molar-refractivity contribution in [1.82, 2.24) is 34.8 Å². The van der Waals surface area contributed by atoms with Crippen molar-refractivity contribution >= 4 is 88.2 Å². The molecule has 48 heavy (non-hydrogen) atoms. The number of amidine groups is 1. The molecule has 256 valence electrons. The van der Waals surface area contributed by atoms with Gasteiger partial charge in [-0.2, -0.15) is 10.1 Å². The van der Waals surface area contributed by atoms with E-state index in [0.717, 1.165) is 5.69 Å². The van der Waals surface area contributed by atoms with Crippen LogP contribution in [0, 0.1) is 5.41 Å². The molecule has 4 rings (SSSR count). The average Bonchev–Trinajstić information content (AvgIpc) is 3.75. The number of nitrogens with zero attached hydrogens (tertiary/aromatic N) is 6. The third-order valence-corrected chi connectivity index (χ3v) is 7.00. The smallest absolute Gasteiger partial charge is 0.294 e. The Morgan fingerprint density at radius 2 is 1.62 bits per heavy atom. The maximum absolute atomic E-state index is 13.0. The van der Waals surface area contributed by atoms with E-state index in [2.05, 4.69) is 41.5 Å². The Kier molecular flexibility index (Phi) is 13.3. The largest absolute Gasteiger partial charge is 0.388 e. The molecule has 0 radical (unpaired) electrons. The van der Waals surface area contributed by atoms with Gasteiger partial charge in [-0.15, -0.1) is 40.7 Å². The number of nitrogens with one attached hydrogen (secondary N) is 6.